The van der Waals surface area contributed by atoms with Gasteiger partial charge in [-0.05, 0) is 36.4 Å². The lowest BCUT2D eigenvalue weighted by Gasteiger charge is -2.10. The minimum Gasteiger partial charge on any atom is -0.497 e. The molecule has 0 saturated carbocycles. The van der Waals surface area contributed by atoms with Gasteiger partial charge in [0, 0.05) is 29.4 Å². The Morgan fingerprint density at radius 2 is 1.79 bits per heavy atom. The number of nitro groups is 1. The van der Waals surface area contributed by atoms with Crippen molar-refractivity contribution in [2.75, 3.05) is 12.4 Å². The summed E-state index contributed by atoms with van der Waals surface area (Å²) >= 11 is 0. The molecule has 0 bridgehead atoms. The summed E-state index contributed by atoms with van der Waals surface area (Å²) in [6.45, 7) is 0. The number of nitriles is 1. The number of nitrogens with one attached hydrogen (secondary N) is 1. The smallest absolute Gasteiger partial charge is 0.339 e. The van der Waals surface area contributed by atoms with Gasteiger partial charge in [-0.2, -0.15) is 13.7 Å². The van der Waals surface area contributed by atoms with Gasteiger partial charge in [0.2, 0.25) is 0 Å². The summed E-state index contributed by atoms with van der Waals surface area (Å²) in [6.07, 6.45) is 1.19. The number of carbonyl (C=O) groups excluding carboxylic acids is 1. The highest BCUT2D eigenvalue weighted by molar-refractivity contribution is 7.87. The number of amides is 1. The fraction of sp³-hybridized carbons (Fsp3) is 0.0435. The quantitative estimate of drug-likeness (QED) is 0.168. The van der Waals surface area contributed by atoms with Gasteiger partial charge in [0.05, 0.1) is 12.0 Å². The number of non-ortho nitro benzene ring substituents is 1. The lowest BCUT2D eigenvalue weighted by atomic mass is 10.1. The van der Waals surface area contributed by atoms with Crippen LogP contribution in [-0.2, 0) is 14.9 Å². The maximum atomic E-state index is 12.7. The molecule has 11 heteroatoms. The molecular formula is C23H17N3O7S. The Hall–Kier alpha value is -4.69. The molecule has 0 fully saturated rings. The molecule has 0 heterocycles. The summed E-state index contributed by atoms with van der Waals surface area (Å²) in [4.78, 5) is 22.4. The van der Waals surface area contributed by atoms with Crippen LogP contribution >= 0.6 is 0 Å². The van der Waals surface area contributed by atoms with Gasteiger partial charge in [0.1, 0.15) is 28.0 Å². The number of nitrogens with zero attached hydrogens (tertiary/aromatic N) is 2. The van der Waals surface area contributed by atoms with Crippen molar-refractivity contribution in [3.8, 4) is 17.6 Å². The first-order chi connectivity index (χ1) is 16.2. The maximum Gasteiger partial charge on any atom is 0.339 e. The molecule has 0 aliphatic carbocycles. The summed E-state index contributed by atoms with van der Waals surface area (Å²) in [5, 5.41) is 22.8. The largest absolute Gasteiger partial charge is 0.497 e. The monoisotopic (exact) mass is 479 g/mol. The van der Waals surface area contributed by atoms with E-state index >= 15 is 0 Å². The van der Waals surface area contributed by atoms with Crippen molar-refractivity contribution in [2.24, 2.45) is 0 Å². The van der Waals surface area contributed by atoms with Gasteiger partial charge >= 0.3 is 10.1 Å². The number of carbonyl (C=O) groups is 1. The Labute approximate surface area is 194 Å². The Morgan fingerprint density at radius 1 is 1.09 bits per heavy atom. The van der Waals surface area contributed by atoms with Crippen molar-refractivity contribution in [1.29, 1.82) is 5.26 Å². The number of methoxy groups -OCH3 is 1. The number of anilines is 1. The van der Waals surface area contributed by atoms with E-state index in [1.807, 2.05) is 0 Å². The van der Waals surface area contributed by atoms with Gasteiger partial charge < -0.3 is 14.2 Å². The van der Waals surface area contributed by atoms with E-state index in [9.17, 15) is 28.6 Å². The first-order valence-corrected chi connectivity index (χ1v) is 11.0. The summed E-state index contributed by atoms with van der Waals surface area (Å²) in [5.74, 6) is -0.345. The zero-order chi connectivity index (χ0) is 24.7. The second-order valence-electron chi connectivity index (χ2n) is 6.68. The van der Waals surface area contributed by atoms with E-state index in [4.69, 9.17) is 8.92 Å². The van der Waals surface area contributed by atoms with Crippen LogP contribution in [0, 0.1) is 21.4 Å². The number of benzene rings is 3. The third-order valence-electron chi connectivity index (χ3n) is 4.45. The summed E-state index contributed by atoms with van der Waals surface area (Å²) in [7, 11) is -2.87. The summed E-state index contributed by atoms with van der Waals surface area (Å²) < 4.78 is 35.6. The summed E-state index contributed by atoms with van der Waals surface area (Å²) in [5.41, 5.74) is -0.0179. The minimum atomic E-state index is -4.35. The van der Waals surface area contributed by atoms with E-state index in [0.29, 0.717) is 11.4 Å². The molecule has 0 aliphatic rings. The standard InChI is InChI=1S/C23H17N3O7S/c1-32-20-7-4-6-18(14-20)25-23(27)17(15-24)13-16-5-2-3-8-22(16)33-34(30,31)21-11-9-19(10-12-21)26(28)29/h2-14H,1H3,(H,25,27)/b17-13+. The predicted octanol–water partition coefficient (Wildman–Crippen LogP) is 3.92. The molecule has 172 valence electrons. The Morgan fingerprint density at radius 3 is 2.44 bits per heavy atom. The van der Waals surface area contributed by atoms with Gasteiger partial charge in [-0.15, -0.1) is 0 Å². The molecule has 34 heavy (non-hydrogen) atoms. The molecule has 3 aromatic carbocycles. The van der Waals surface area contributed by atoms with E-state index in [-0.39, 0.29) is 27.5 Å². The lowest BCUT2D eigenvalue weighted by Crippen LogP contribution is -2.14. The third kappa shape index (κ3) is 5.76. The lowest BCUT2D eigenvalue weighted by molar-refractivity contribution is -0.384. The zero-order valence-electron chi connectivity index (χ0n) is 17.7. The van der Waals surface area contributed by atoms with E-state index in [2.05, 4.69) is 5.32 Å². The average Bonchev–Trinajstić information content (AvgIpc) is 2.83. The molecule has 0 spiro atoms. The number of hydrogen-bond acceptors (Lipinski definition) is 8. The molecule has 0 aromatic heterocycles. The van der Waals surface area contributed by atoms with Crippen LogP contribution in [0.15, 0.2) is 83.3 Å². The SMILES string of the molecule is COc1cccc(NC(=O)/C(C#N)=C/c2ccccc2OS(=O)(=O)c2ccc([N+](=O)[O-])cc2)c1. The highest BCUT2D eigenvalue weighted by Gasteiger charge is 2.20. The normalized spacial score (nSPS) is 11.2. The van der Waals surface area contributed by atoms with Crippen LogP contribution in [0.5, 0.6) is 11.5 Å². The maximum absolute atomic E-state index is 12.7. The Kier molecular flexibility index (Phi) is 7.25. The molecule has 0 atom stereocenters. The van der Waals surface area contributed by atoms with Gasteiger partial charge in [-0.1, -0.05) is 24.3 Å². The summed E-state index contributed by atoms with van der Waals surface area (Å²) in [6, 6.07) is 18.4. The van der Waals surface area contributed by atoms with Crippen molar-refractivity contribution >= 4 is 33.5 Å². The van der Waals surface area contributed by atoms with Crippen LogP contribution in [0.3, 0.4) is 0 Å². The van der Waals surface area contributed by atoms with Crippen LogP contribution in [0.4, 0.5) is 11.4 Å². The number of hydrogen-bond donors (Lipinski definition) is 1. The second-order valence-corrected chi connectivity index (χ2v) is 8.23. The molecule has 3 rings (SSSR count). The van der Waals surface area contributed by atoms with Gasteiger partial charge in [0.25, 0.3) is 11.6 Å². The predicted molar refractivity (Wildman–Crippen MR) is 123 cm³/mol. The highest BCUT2D eigenvalue weighted by Crippen LogP contribution is 2.26. The van der Waals surface area contributed by atoms with Gasteiger partial charge in [-0.3, -0.25) is 14.9 Å². The number of para-hydroxylation sites is 1. The van der Waals surface area contributed by atoms with Crippen molar-refractivity contribution < 1.29 is 27.1 Å². The number of ether oxygens (including phenoxy) is 1. The molecule has 0 radical (unpaired) electrons. The van der Waals surface area contributed by atoms with Crippen molar-refractivity contribution in [2.45, 2.75) is 4.90 Å². The molecule has 0 unspecified atom stereocenters. The average molecular weight is 479 g/mol. The van der Waals surface area contributed by atoms with E-state index in [0.717, 1.165) is 24.3 Å². The second kappa shape index (κ2) is 10.3. The van der Waals surface area contributed by atoms with Crippen LogP contribution in [0.1, 0.15) is 5.56 Å². The Balaban J connectivity index is 1.87. The number of rotatable bonds is 8. The fourth-order valence-corrected chi connectivity index (χ4v) is 3.73. The van der Waals surface area contributed by atoms with Gasteiger partial charge in [-0.25, -0.2) is 0 Å². The molecular weight excluding hydrogens is 462 g/mol. The molecule has 1 amide bonds. The van der Waals surface area contributed by atoms with Crippen LogP contribution < -0.4 is 14.2 Å². The Bertz CT molecular complexity index is 1410. The third-order valence-corrected chi connectivity index (χ3v) is 5.70. The topological polar surface area (TPSA) is 149 Å². The van der Waals surface area contributed by atoms with Crippen LogP contribution in [-0.4, -0.2) is 26.4 Å². The first-order valence-electron chi connectivity index (χ1n) is 9.58. The highest BCUT2D eigenvalue weighted by atomic mass is 32.2. The van der Waals surface area contributed by atoms with Crippen molar-refractivity contribution in [3.63, 3.8) is 0 Å². The number of nitro benzene ring substituents is 1. The zero-order valence-corrected chi connectivity index (χ0v) is 18.5. The van der Waals surface area contributed by atoms with E-state index < -0.39 is 20.9 Å². The van der Waals surface area contributed by atoms with Crippen LogP contribution in [0.2, 0.25) is 0 Å². The first kappa shape index (κ1) is 24.0. The molecule has 0 saturated heterocycles. The molecule has 3 aromatic rings. The van der Waals surface area contributed by atoms with Gasteiger partial charge in [0.15, 0.2) is 0 Å². The van der Waals surface area contributed by atoms with E-state index in [1.165, 1.54) is 31.4 Å². The fourth-order valence-electron chi connectivity index (χ4n) is 2.78. The van der Waals surface area contributed by atoms with Crippen molar-refractivity contribution in [1.82, 2.24) is 0 Å². The van der Waals surface area contributed by atoms with E-state index in [1.54, 1.807) is 36.4 Å². The molecule has 1 N–H and O–H groups in total. The van der Waals surface area contributed by atoms with Crippen LogP contribution in [0.25, 0.3) is 6.08 Å². The minimum absolute atomic E-state index is 0.136. The van der Waals surface area contributed by atoms with Crippen molar-refractivity contribution in [3.05, 3.63) is 94.0 Å². The molecule has 10 nitrogen and oxygen atoms in total. The molecule has 0 aliphatic heterocycles.